The van der Waals surface area contributed by atoms with Crippen LogP contribution in [0.4, 0.5) is 0 Å². The van der Waals surface area contributed by atoms with Crippen molar-refractivity contribution in [3.8, 4) is 0 Å². The van der Waals surface area contributed by atoms with E-state index < -0.39 is 0 Å². The van der Waals surface area contributed by atoms with Crippen LogP contribution >= 0.6 is 15.8 Å². The summed E-state index contributed by atoms with van der Waals surface area (Å²) in [7, 11) is 10.2. The highest BCUT2D eigenvalue weighted by Gasteiger charge is 2.14. The lowest BCUT2D eigenvalue weighted by Gasteiger charge is -2.16. The molecule has 0 fully saturated rings. The van der Waals surface area contributed by atoms with Gasteiger partial charge < -0.3 is 9.62 Å². The molecule has 0 unspecified atom stereocenters. The van der Waals surface area contributed by atoms with Crippen LogP contribution in [-0.2, 0) is 0 Å². The topological polar surface area (TPSA) is 6.48 Å². The van der Waals surface area contributed by atoms with Gasteiger partial charge in [-0.1, -0.05) is 0 Å². The molecule has 0 aliphatic heterocycles. The second-order valence-corrected chi connectivity index (χ2v) is 3.39. The zero-order chi connectivity index (χ0) is 7.44. The second kappa shape index (κ2) is 4.36. The van der Waals surface area contributed by atoms with E-state index >= 15 is 0 Å². The van der Waals surface area contributed by atoms with Gasteiger partial charge in [-0.05, 0) is 28.2 Å². The van der Waals surface area contributed by atoms with Gasteiger partial charge in [-0.3, -0.25) is 0 Å². The highest BCUT2D eigenvalue weighted by atomic mass is 79.9. The fourth-order valence-corrected chi connectivity index (χ4v) is 0.852. The van der Waals surface area contributed by atoms with Crippen LogP contribution in [0.25, 0.3) is 0 Å². The standard InChI is InChI=1S/C4H12B2BrN2/c1-8(2)5-6(7)9(3)4/h1-4H3. The normalized spacial score (nSPS) is 10.6. The number of nitrogens with zero attached hydrogens (tertiary/aromatic N) is 2. The molecular formula is C4H12B2BrN2. The number of halogens is 1. The van der Waals surface area contributed by atoms with E-state index in [-0.39, 0.29) is 0 Å². The summed E-state index contributed by atoms with van der Waals surface area (Å²) in [5.41, 5.74) is 0.340. The van der Waals surface area contributed by atoms with Crippen LogP contribution in [0.5, 0.6) is 0 Å². The van der Waals surface area contributed by atoms with Crippen molar-refractivity contribution in [2.24, 2.45) is 0 Å². The van der Waals surface area contributed by atoms with Crippen molar-refractivity contribution in [1.82, 2.24) is 9.62 Å². The van der Waals surface area contributed by atoms with Gasteiger partial charge in [0.2, 0.25) is 7.31 Å². The zero-order valence-electron chi connectivity index (χ0n) is 6.43. The quantitative estimate of drug-likeness (QED) is 0.582. The van der Waals surface area contributed by atoms with E-state index in [1.807, 2.05) is 33.0 Å². The van der Waals surface area contributed by atoms with Crippen LogP contribution < -0.4 is 0 Å². The van der Waals surface area contributed by atoms with Crippen LogP contribution in [-0.4, -0.2) is 50.7 Å². The van der Waals surface area contributed by atoms with Gasteiger partial charge in [-0.25, -0.2) is 0 Å². The monoisotopic (exact) mass is 189 g/mol. The Kier molecular flexibility index (Phi) is 4.62. The van der Waals surface area contributed by atoms with Crippen molar-refractivity contribution in [3.05, 3.63) is 0 Å². The van der Waals surface area contributed by atoms with Crippen molar-refractivity contribution in [3.63, 3.8) is 0 Å². The maximum Gasteiger partial charge on any atom is 0.278 e. The molecule has 51 valence electrons. The van der Waals surface area contributed by atoms with Crippen molar-refractivity contribution < 1.29 is 0 Å². The Bertz CT molecular complexity index is 79.0. The van der Waals surface area contributed by atoms with Gasteiger partial charge >= 0.3 is 0 Å². The highest BCUT2D eigenvalue weighted by Crippen LogP contribution is 1.94. The van der Waals surface area contributed by atoms with Crippen LogP contribution in [0.2, 0.25) is 0 Å². The largest absolute Gasteiger partial charge is 0.356 e. The van der Waals surface area contributed by atoms with Crippen LogP contribution in [0.15, 0.2) is 0 Å². The Morgan fingerprint density at radius 2 is 1.67 bits per heavy atom. The number of rotatable bonds is 3. The van der Waals surface area contributed by atoms with E-state index in [1.54, 1.807) is 0 Å². The van der Waals surface area contributed by atoms with Gasteiger partial charge in [0.25, 0.3) is 5.56 Å². The third kappa shape index (κ3) is 5.00. The molecule has 0 aromatic carbocycles. The summed E-state index contributed by atoms with van der Waals surface area (Å²) in [6.45, 7) is 0. The summed E-state index contributed by atoms with van der Waals surface area (Å²) in [5.74, 6) is 0. The summed E-state index contributed by atoms with van der Waals surface area (Å²) in [5, 5.41) is 0. The lowest BCUT2D eigenvalue weighted by atomic mass is 9.53. The first-order valence-corrected chi connectivity index (χ1v) is 3.77. The van der Waals surface area contributed by atoms with E-state index in [1.165, 1.54) is 0 Å². The molecule has 0 bridgehead atoms. The molecule has 9 heavy (non-hydrogen) atoms. The number of hydrogen-bond donors (Lipinski definition) is 0. The number of hydrogen-bond acceptors (Lipinski definition) is 2. The lowest BCUT2D eigenvalue weighted by Crippen LogP contribution is -2.40. The fourth-order valence-electron chi connectivity index (χ4n) is 0.379. The molecule has 0 saturated heterocycles. The lowest BCUT2D eigenvalue weighted by molar-refractivity contribution is 0.644. The maximum absolute atomic E-state index is 3.47. The van der Waals surface area contributed by atoms with Gasteiger partial charge in [0.1, 0.15) is 0 Å². The van der Waals surface area contributed by atoms with Crippen molar-refractivity contribution in [2.45, 2.75) is 0 Å². The first-order chi connectivity index (χ1) is 4.04. The first kappa shape index (κ1) is 9.53. The second-order valence-electron chi connectivity index (χ2n) is 2.45. The molecule has 5 heteroatoms. The van der Waals surface area contributed by atoms with Crippen LogP contribution in [0, 0.1) is 0 Å². The Balaban J connectivity index is 3.38. The summed E-state index contributed by atoms with van der Waals surface area (Å²) >= 11 is 3.47. The van der Waals surface area contributed by atoms with Crippen LogP contribution in [0.3, 0.4) is 0 Å². The molecule has 0 amide bonds. The summed E-state index contributed by atoms with van der Waals surface area (Å²) < 4.78 is 0. The van der Waals surface area contributed by atoms with Crippen LogP contribution in [0.1, 0.15) is 0 Å². The molecule has 0 aliphatic rings. The molecule has 0 atom stereocenters. The molecule has 1 radical (unpaired) electrons. The van der Waals surface area contributed by atoms with E-state index in [0.29, 0.717) is 5.56 Å². The van der Waals surface area contributed by atoms with E-state index in [4.69, 9.17) is 0 Å². The zero-order valence-corrected chi connectivity index (χ0v) is 8.01. The average Bonchev–Trinajstić information content (AvgIpc) is 1.63. The Labute approximate surface area is 66.9 Å². The van der Waals surface area contributed by atoms with E-state index in [2.05, 4.69) is 27.9 Å². The fraction of sp³-hybridized carbons (Fsp3) is 1.00. The maximum atomic E-state index is 3.47. The summed E-state index contributed by atoms with van der Waals surface area (Å²) in [6.07, 6.45) is 0. The molecule has 0 aliphatic carbocycles. The van der Waals surface area contributed by atoms with Gasteiger partial charge in [0.05, 0.1) is 0 Å². The summed E-state index contributed by atoms with van der Waals surface area (Å²) in [6, 6.07) is 0. The molecule has 2 nitrogen and oxygen atoms in total. The third-order valence-corrected chi connectivity index (χ3v) is 1.97. The minimum atomic E-state index is 0.340. The highest BCUT2D eigenvalue weighted by molar-refractivity contribution is 9.25. The van der Waals surface area contributed by atoms with E-state index in [9.17, 15) is 0 Å². The minimum Gasteiger partial charge on any atom is -0.356 e. The molecule has 0 rings (SSSR count). The van der Waals surface area contributed by atoms with Gasteiger partial charge in [-0.2, -0.15) is 0 Å². The first-order valence-electron chi connectivity index (χ1n) is 2.86. The van der Waals surface area contributed by atoms with Crippen molar-refractivity contribution in [1.29, 1.82) is 0 Å². The molecule has 0 spiro atoms. The average molecular weight is 190 g/mol. The molecule has 0 saturated carbocycles. The van der Waals surface area contributed by atoms with E-state index in [0.717, 1.165) is 0 Å². The molecule has 0 aromatic rings. The minimum absolute atomic E-state index is 0.340. The van der Waals surface area contributed by atoms with Crippen molar-refractivity contribution in [2.75, 3.05) is 28.2 Å². The molecular weight excluding hydrogens is 178 g/mol. The smallest absolute Gasteiger partial charge is 0.278 e. The molecule has 0 N–H and O–H groups in total. The molecule has 0 aromatic heterocycles. The third-order valence-electron chi connectivity index (χ3n) is 0.914. The van der Waals surface area contributed by atoms with Gasteiger partial charge in [-0.15, -0.1) is 15.8 Å². The Morgan fingerprint density at radius 3 is 1.78 bits per heavy atom. The van der Waals surface area contributed by atoms with Crippen molar-refractivity contribution >= 4 is 28.6 Å². The SMILES string of the molecule is CN(C)[B]B(Br)N(C)C. The Hall–Kier alpha value is 0.530. The van der Waals surface area contributed by atoms with Gasteiger partial charge in [0, 0.05) is 0 Å². The molecule has 0 heterocycles. The summed E-state index contributed by atoms with van der Waals surface area (Å²) in [4.78, 5) is 4.11. The van der Waals surface area contributed by atoms with Gasteiger partial charge in [0.15, 0.2) is 0 Å². The predicted molar refractivity (Wildman–Crippen MR) is 47.8 cm³/mol. The predicted octanol–water partition coefficient (Wildman–Crippen LogP) is 0.109. The Morgan fingerprint density at radius 1 is 1.22 bits per heavy atom.